The van der Waals surface area contributed by atoms with Crippen molar-refractivity contribution in [3.05, 3.63) is 63.7 Å². The van der Waals surface area contributed by atoms with Gasteiger partial charge in [-0.05, 0) is 49.6 Å². The summed E-state index contributed by atoms with van der Waals surface area (Å²) < 4.78 is 0. The standard InChI is InChI=1S/C25H29N5O5/c1-16(18-5-8-21(9-6-18)27-24(32)19-3-4-19)26-25(33)20-7-10-22(23(15-20)30(34)35)29-13-11-28(12-14-29)17(2)31/h5-10,15-16,19H,3-4,11-14H2,1-2H3,(H,26,33)(H,27,32). The van der Waals surface area contributed by atoms with Crippen molar-refractivity contribution in [1.82, 2.24) is 10.2 Å². The molecule has 35 heavy (non-hydrogen) atoms. The molecular formula is C25H29N5O5. The molecular weight excluding hydrogens is 450 g/mol. The van der Waals surface area contributed by atoms with Crippen LogP contribution in [0.2, 0.25) is 0 Å². The topological polar surface area (TPSA) is 125 Å². The number of benzene rings is 2. The van der Waals surface area contributed by atoms with Crippen LogP contribution in [-0.4, -0.2) is 53.7 Å². The van der Waals surface area contributed by atoms with Crippen molar-refractivity contribution in [2.24, 2.45) is 5.92 Å². The van der Waals surface area contributed by atoms with Gasteiger partial charge >= 0.3 is 0 Å². The number of rotatable bonds is 7. The van der Waals surface area contributed by atoms with Crippen LogP contribution in [0.15, 0.2) is 42.5 Å². The number of anilines is 2. The van der Waals surface area contributed by atoms with E-state index in [0.717, 1.165) is 18.4 Å². The lowest BCUT2D eigenvalue weighted by Gasteiger charge is -2.35. The van der Waals surface area contributed by atoms with E-state index in [1.54, 1.807) is 29.2 Å². The molecule has 2 aromatic carbocycles. The second-order valence-corrected chi connectivity index (χ2v) is 9.03. The molecule has 1 saturated carbocycles. The number of nitro benzene ring substituents is 1. The van der Waals surface area contributed by atoms with Gasteiger partial charge < -0.3 is 20.4 Å². The van der Waals surface area contributed by atoms with Crippen LogP contribution < -0.4 is 15.5 Å². The third kappa shape index (κ3) is 5.76. The molecule has 0 spiro atoms. The smallest absolute Gasteiger partial charge is 0.293 e. The van der Waals surface area contributed by atoms with Gasteiger partial charge in [-0.25, -0.2) is 0 Å². The predicted molar refractivity (Wildman–Crippen MR) is 131 cm³/mol. The predicted octanol–water partition coefficient (Wildman–Crippen LogP) is 3.10. The summed E-state index contributed by atoms with van der Waals surface area (Å²) in [6.45, 7) is 5.30. The Morgan fingerprint density at radius 2 is 1.69 bits per heavy atom. The minimum Gasteiger partial charge on any atom is -0.362 e. The van der Waals surface area contributed by atoms with Crippen molar-refractivity contribution in [3.8, 4) is 0 Å². The molecule has 2 aromatic rings. The van der Waals surface area contributed by atoms with Gasteiger partial charge in [0.15, 0.2) is 0 Å². The number of nitrogens with one attached hydrogen (secondary N) is 2. The molecule has 4 rings (SSSR count). The van der Waals surface area contributed by atoms with Crippen LogP contribution in [0.1, 0.15) is 48.7 Å². The number of hydrogen-bond acceptors (Lipinski definition) is 6. The first-order valence-corrected chi connectivity index (χ1v) is 11.7. The second kappa shape index (κ2) is 10.1. The quantitative estimate of drug-likeness (QED) is 0.464. The highest BCUT2D eigenvalue weighted by molar-refractivity contribution is 5.96. The molecule has 0 radical (unpaired) electrons. The maximum atomic E-state index is 12.9. The maximum Gasteiger partial charge on any atom is 0.293 e. The van der Waals surface area contributed by atoms with E-state index < -0.39 is 10.8 Å². The van der Waals surface area contributed by atoms with E-state index in [0.29, 0.717) is 37.6 Å². The summed E-state index contributed by atoms with van der Waals surface area (Å²) >= 11 is 0. The lowest BCUT2D eigenvalue weighted by Crippen LogP contribution is -2.48. The summed E-state index contributed by atoms with van der Waals surface area (Å²) in [6, 6.07) is 11.4. The Labute approximate surface area is 203 Å². The van der Waals surface area contributed by atoms with Crippen molar-refractivity contribution >= 4 is 34.8 Å². The number of hydrogen-bond donors (Lipinski definition) is 2. The van der Waals surface area contributed by atoms with Crippen LogP contribution in [0.4, 0.5) is 17.1 Å². The molecule has 0 bridgehead atoms. The monoisotopic (exact) mass is 479 g/mol. The van der Waals surface area contributed by atoms with Gasteiger partial charge in [-0.15, -0.1) is 0 Å². The summed E-state index contributed by atoms with van der Waals surface area (Å²) in [4.78, 5) is 51.2. The Morgan fingerprint density at radius 1 is 1.03 bits per heavy atom. The number of amides is 3. The SMILES string of the molecule is CC(=O)N1CCN(c2ccc(C(=O)NC(C)c3ccc(NC(=O)C4CC4)cc3)cc2[N+](=O)[O-])CC1. The zero-order valence-electron chi connectivity index (χ0n) is 19.8. The zero-order chi connectivity index (χ0) is 25.1. The summed E-state index contributed by atoms with van der Waals surface area (Å²) in [5.41, 5.74) is 2.05. The normalized spacial score (nSPS) is 16.4. The van der Waals surface area contributed by atoms with Gasteiger partial charge in [0.05, 0.1) is 11.0 Å². The van der Waals surface area contributed by atoms with Crippen molar-refractivity contribution in [3.63, 3.8) is 0 Å². The molecule has 10 heteroatoms. The molecule has 3 amide bonds. The second-order valence-electron chi connectivity index (χ2n) is 9.03. The highest BCUT2D eigenvalue weighted by Gasteiger charge is 2.29. The Bertz CT molecular complexity index is 1140. The number of nitro groups is 1. The highest BCUT2D eigenvalue weighted by atomic mass is 16.6. The maximum absolute atomic E-state index is 12.9. The molecule has 2 aliphatic rings. The number of carbonyl (C=O) groups is 3. The third-order valence-electron chi connectivity index (χ3n) is 6.47. The fraction of sp³-hybridized carbons (Fsp3) is 0.400. The van der Waals surface area contributed by atoms with E-state index >= 15 is 0 Å². The number of carbonyl (C=O) groups excluding carboxylic acids is 3. The van der Waals surface area contributed by atoms with Crippen LogP contribution in [-0.2, 0) is 9.59 Å². The fourth-order valence-corrected chi connectivity index (χ4v) is 4.15. The molecule has 1 aliphatic heterocycles. The van der Waals surface area contributed by atoms with Crippen molar-refractivity contribution < 1.29 is 19.3 Å². The van der Waals surface area contributed by atoms with Crippen LogP contribution in [0.25, 0.3) is 0 Å². The summed E-state index contributed by atoms with van der Waals surface area (Å²) in [7, 11) is 0. The van der Waals surface area contributed by atoms with E-state index in [4.69, 9.17) is 0 Å². The van der Waals surface area contributed by atoms with Gasteiger partial charge in [-0.3, -0.25) is 24.5 Å². The molecule has 184 valence electrons. The molecule has 0 aromatic heterocycles. The Kier molecular flexibility index (Phi) is 6.99. The fourth-order valence-electron chi connectivity index (χ4n) is 4.15. The minimum atomic E-state index is -0.485. The van der Waals surface area contributed by atoms with Crippen molar-refractivity contribution in [2.75, 3.05) is 36.4 Å². The van der Waals surface area contributed by atoms with Gasteiger partial charge in [0.1, 0.15) is 5.69 Å². The lowest BCUT2D eigenvalue weighted by molar-refractivity contribution is -0.384. The number of piperazine rings is 1. The summed E-state index contributed by atoms with van der Waals surface area (Å²) in [5, 5.41) is 17.5. The van der Waals surface area contributed by atoms with Crippen LogP contribution in [0, 0.1) is 16.0 Å². The summed E-state index contributed by atoms with van der Waals surface area (Å²) in [5.74, 6) is -0.282. The first-order chi connectivity index (χ1) is 16.7. The molecule has 1 unspecified atom stereocenters. The third-order valence-corrected chi connectivity index (χ3v) is 6.47. The van der Waals surface area contributed by atoms with E-state index in [9.17, 15) is 24.5 Å². The van der Waals surface area contributed by atoms with Gasteiger partial charge in [-0.2, -0.15) is 0 Å². The van der Waals surface area contributed by atoms with Crippen LogP contribution in [0.5, 0.6) is 0 Å². The molecule has 1 saturated heterocycles. The Morgan fingerprint density at radius 3 is 2.26 bits per heavy atom. The first-order valence-electron chi connectivity index (χ1n) is 11.7. The zero-order valence-corrected chi connectivity index (χ0v) is 19.8. The molecule has 10 nitrogen and oxygen atoms in total. The summed E-state index contributed by atoms with van der Waals surface area (Å²) in [6.07, 6.45) is 1.87. The van der Waals surface area contributed by atoms with Crippen LogP contribution >= 0.6 is 0 Å². The van der Waals surface area contributed by atoms with Gasteiger partial charge in [0, 0.05) is 56.3 Å². The highest BCUT2D eigenvalue weighted by Crippen LogP contribution is 2.31. The van der Waals surface area contributed by atoms with E-state index in [1.165, 1.54) is 13.0 Å². The molecule has 2 fully saturated rings. The Hall–Kier alpha value is -3.95. The van der Waals surface area contributed by atoms with Crippen molar-refractivity contribution in [1.29, 1.82) is 0 Å². The van der Waals surface area contributed by atoms with Crippen molar-refractivity contribution in [2.45, 2.75) is 32.7 Å². The molecule has 1 atom stereocenters. The average molecular weight is 480 g/mol. The molecule has 1 aliphatic carbocycles. The molecule has 2 N–H and O–H groups in total. The van der Waals surface area contributed by atoms with E-state index in [-0.39, 0.29) is 35.0 Å². The number of nitrogens with zero attached hydrogens (tertiary/aromatic N) is 3. The molecule has 1 heterocycles. The van der Waals surface area contributed by atoms with Crippen LogP contribution in [0.3, 0.4) is 0 Å². The van der Waals surface area contributed by atoms with E-state index in [2.05, 4.69) is 10.6 Å². The van der Waals surface area contributed by atoms with Gasteiger partial charge in [0.2, 0.25) is 11.8 Å². The first kappa shape index (κ1) is 24.2. The average Bonchev–Trinajstić information content (AvgIpc) is 3.70. The minimum absolute atomic E-state index is 0.0158. The Balaban J connectivity index is 1.41. The van der Waals surface area contributed by atoms with Gasteiger partial charge in [0.25, 0.3) is 11.6 Å². The van der Waals surface area contributed by atoms with Gasteiger partial charge in [-0.1, -0.05) is 12.1 Å². The lowest BCUT2D eigenvalue weighted by atomic mass is 10.1. The largest absolute Gasteiger partial charge is 0.362 e. The van der Waals surface area contributed by atoms with E-state index in [1.807, 2.05) is 24.0 Å².